The summed E-state index contributed by atoms with van der Waals surface area (Å²) in [4.78, 5) is 11.2. The molecule has 1 rings (SSSR count). The van der Waals surface area contributed by atoms with E-state index in [1.54, 1.807) is 6.92 Å². The molecular weight excluding hydrogens is 317 g/mol. The van der Waals surface area contributed by atoms with Crippen molar-refractivity contribution in [2.75, 3.05) is 7.11 Å². The van der Waals surface area contributed by atoms with Crippen LogP contribution in [0.5, 0.6) is 11.5 Å². The average Bonchev–Trinajstić information content (AvgIpc) is 2.25. The van der Waals surface area contributed by atoms with Gasteiger partial charge in [-0.25, -0.2) is 0 Å². The lowest BCUT2D eigenvalue weighted by Crippen LogP contribution is -2.18. The smallest absolute Gasteiger partial charge is 0.496 e. The first-order chi connectivity index (χ1) is 8.24. The van der Waals surface area contributed by atoms with Crippen LogP contribution in [0.15, 0.2) is 18.2 Å². The summed E-state index contributed by atoms with van der Waals surface area (Å²) in [6.07, 6.45) is -4.80. The summed E-state index contributed by atoms with van der Waals surface area (Å²) in [5, 5.41) is 0. The van der Waals surface area contributed by atoms with Gasteiger partial charge in [0.1, 0.15) is 11.5 Å². The van der Waals surface area contributed by atoms with E-state index in [0.29, 0.717) is 0 Å². The Balaban J connectivity index is 3.14. The third-order valence-corrected chi connectivity index (χ3v) is 2.45. The SMILES string of the molecule is COc1ccc(OC(F)(F)F)cc1C(=O)C(C)Br. The van der Waals surface area contributed by atoms with E-state index in [9.17, 15) is 18.0 Å². The Hall–Kier alpha value is -1.24. The lowest BCUT2D eigenvalue weighted by Gasteiger charge is -2.13. The van der Waals surface area contributed by atoms with Crippen LogP contribution in [0.1, 0.15) is 17.3 Å². The van der Waals surface area contributed by atoms with E-state index in [1.807, 2.05) is 0 Å². The Labute approximate surface area is 110 Å². The van der Waals surface area contributed by atoms with Crippen LogP contribution >= 0.6 is 15.9 Å². The lowest BCUT2D eigenvalue weighted by atomic mass is 10.1. The summed E-state index contributed by atoms with van der Waals surface area (Å²) in [5.41, 5.74) is 0.0311. The Morgan fingerprint density at radius 1 is 1.39 bits per heavy atom. The van der Waals surface area contributed by atoms with Crippen molar-refractivity contribution >= 4 is 21.7 Å². The minimum atomic E-state index is -4.80. The van der Waals surface area contributed by atoms with Gasteiger partial charge in [0.05, 0.1) is 17.5 Å². The van der Waals surface area contributed by atoms with Crippen LogP contribution in [0, 0.1) is 0 Å². The zero-order valence-corrected chi connectivity index (χ0v) is 11.1. The maximum absolute atomic E-state index is 12.1. The molecule has 0 heterocycles. The number of carbonyl (C=O) groups excluding carboxylic acids is 1. The van der Waals surface area contributed by atoms with Gasteiger partial charge in [-0.1, -0.05) is 15.9 Å². The second-order valence-corrected chi connectivity index (χ2v) is 4.76. The second kappa shape index (κ2) is 5.60. The minimum Gasteiger partial charge on any atom is -0.496 e. The predicted octanol–water partition coefficient (Wildman–Crippen LogP) is 3.56. The summed E-state index contributed by atoms with van der Waals surface area (Å²) in [6.45, 7) is 1.57. The largest absolute Gasteiger partial charge is 0.573 e. The lowest BCUT2D eigenvalue weighted by molar-refractivity contribution is -0.274. The van der Waals surface area contributed by atoms with Crippen LogP contribution < -0.4 is 9.47 Å². The molecular formula is C11H10BrF3O3. The van der Waals surface area contributed by atoms with E-state index in [4.69, 9.17) is 4.74 Å². The van der Waals surface area contributed by atoms with Gasteiger partial charge < -0.3 is 9.47 Å². The van der Waals surface area contributed by atoms with E-state index in [-0.39, 0.29) is 17.1 Å². The molecule has 0 fully saturated rings. The van der Waals surface area contributed by atoms with Crippen molar-refractivity contribution in [3.05, 3.63) is 23.8 Å². The molecule has 1 aromatic carbocycles. The summed E-state index contributed by atoms with van der Waals surface area (Å²) in [7, 11) is 1.33. The summed E-state index contributed by atoms with van der Waals surface area (Å²) in [6, 6.07) is 3.35. The van der Waals surface area contributed by atoms with Crippen molar-refractivity contribution in [2.24, 2.45) is 0 Å². The van der Waals surface area contributed by atoms with Gasteiger partial charge in [0.25, 0.3) is 0 Å². The van der Waals surface area contributed by atoms with Gasteiger partial charge in [0, 0.05) is 0 Å². The first-order valence-corrected chi connectivity index (χ1v) is 5.78. The van der Waals surface area contributed by atoms with E-state index < -0.39 is 16.9 Å². The molecule has 3 nitrogen and oxygen atoms in total. The molecule has 0 bridgehead atoms. The third kappa shape index (κ3) is 3.90. The number of alkyl halides is 4. The van der Waals surface area contributed by atoms with Crippen LogP contribution in [0.25, 0.3) is 0 Å². The topological polar surface area (TPSA) is 35.5 Å². The molecule has 0 aliphatic carbocycles. The molecule has 0 saturated heterocycles. The average molecular weight is 327 g/mol. The molecule has 0 spiro atoms. The van der Waals surface area contributed by atoms with Crippen molar-refractivity contribution in [2.45, 2.75) is 18.1 Å². The van der Waals surface area contributed by atoms with E-state index in [0.717, 1.165) is 12.1 Å². The number of hydrogen-bond acceptors (Lipinski definition) is 3. The summed E-state index contributed by atoms with van der Waals surface area (Å²) < 4.78 is 44.9. The molecule has 1 atom stereocenters. The summed E-state index contributed by atoms with van der Waals surface area (Å²) >= 11 is 3.06. The molecule has 7 heteroatoms. The summed E-state index contributed by atoms with van der Waals surface area (Å²) in [5.74, 6) is -0.653. The third-order valence-electron chi connectivity index (χ3n) is 2.03. The molecule has 0 saturated carbocycles. The first-order valence-electron chi connectivity index (χ1n) is 4.86. The van der Waals surface area contributed by atoms with E-state index in [2.05, 4.69) is 20.7 Å². The minimum absolute atomic E-state index is 0.0311. The van der Waals surface area contributed by atoms with Gasteiger partial charge in [0.2, 0.25) is 0 Å². The Morgan fingerprint density at radius 3 is 2.44 bits per heavy atom. The van der Waals surface area contributed by atoms with Gasteiger partial charge in [-0.05, 0) is 25.1 Å². The van der Waals surface area contributed by atoms with Crippen LogP contribution in [0.2, 0.25) is 0 Å². The molecule has 0 aromatic heterocycles. The monoisotopic (exact) mass is 326 g/mol. The predicted molar refractivity (Wildman–Crippen MR) is 62.4 cm³/mol. The van der Waals surface area contributed by atoms with Gasteiger partial charge in [-0.15, -0.1) is 13.2 Å². The Kier molecular flexibility index (Phi) is 4.61. The number of methoxy groups -OCH3 is 1. The van der Waals surface area contributed by atoms with Crippen molar-refractivity contribution in [3.63, 3.8) is 0 Å². The highest BCUT2D eigenvalue weighted by molar-refractivity contribution is 9.10. The first kappa shape index (κ1) is 14.8. The number of Topliss-reactive ketones (excluding diaryl/α,β-unsaturated/α-hetero) is 1. The number of ketones is 1. The number of rotatable bonds is 4. The van der Waals surface area contributed by atoms with Gasteiger partial charge in [-0.3, -0.25) is 4.79 Å². The maximum atomic E-state index is 12.1. The van der Waals surface area contributed by atoms with Crippen molar-refractivity contribution in [1.82, 2.24) is 0 Å². The number of halogens is 4. The quantitative estimate of drug-likeness (QED) is 0.627. The molecule has 0 aliphatic rings. The normalized spacial score (nSPS) is 13.0. The highest BCUT2D eigenvalue weighted by atomic mass is 79.9. The molecule has 1 unspecified atom stereocenters. The van der Waals surface area contributed by atoms with Crippen LogP contribution in [-0.4, -0.2) is 24.1 Å². The van der Waals surface area contributed by atoms with Crippen LogP contribution in [0.4, 0.5) is 13.2 Å². The van der Waals surface area contributed by atoms with Gasteiger partial charge in [0.15, 0.2) is 5.78 Å². The molecule has 1 aromatic rings. The fourth-order valence-corrected chi connectivity index (χ4v) is 1.54. The zero-order valence-electron chi connectivity index (χ0n) is 9.55. The van der Waals surface area contributed by atoms with Crippen molar-refractivity contribution in [1.29, 1.82) is 0 Å². The Bertz CT molecular complexity index is 444. The molecule has 0 amide bonds. The maximum Gasteiger partial charge on any atom is 0.573 e. The number of ether oxygens (including phenoxy) is 2. The van der Waals surface area contributed by atoms with E-state index >= 15 is 0 Å². The molecule has 0 N–H and O–H groups in total. The molecule has 0 radical (unpaired) electrons. The van der Waals surface area contributed by atoms with Gasteiger partial charge >= 0.3 is 6.36 Å². The fourth-order valence-electron chi connectivity index (χ4n) is 1.29. The number of hydrogen-bond donors (Lipinski definition) is 0. The fraction of sp³-hybridized carbons (Fsp3) is 0.364. The molecule has 18 heavy (non-hydrogen) atoms. The highest BCUT2D eigenvalue weighted by Gasteiger charge is 2.31. The van der Waals surface area contributed by atoms with Crippen molar-refractivity contribution < 1.29 is 27.4 Å². The molecule has 0 aliphatic heterocycles. The van der Waals surface area contributed by atoms with Crippen LogP contribution in [0.3, 0.4) is 0 Å². The number of carbonyl (C=O) groups is 1. The Morgan fingerprint density at radius 2 is 2.00 bits per heavy atom. The molecule has 100 valence electrons. The van der Waals surface area contributed by atoms with Crippen LogP contribution in [-0.2, 0) is 0 Å². The van der Waals surface area contributed by atoms with Crippen molar-refractivity contribution in [3.8, 4) is 11.5 Å². The second-order valence-electron chi connectivity index (χ2n) is 3.39. The number of benzene rings is 1. The highest BCUT2D eigenvalue weighted by Crippen LogP contribution is 2.29. The standard InChI is InChI=1S/C11H10BrF3O3/c1-6(12)10(16)8-5-7(18-11(13,14)15)3-4-9(8)17-2/h3-6H,1-2H3. The van der Waals surface area contributed by atoms with E-state index in [1.165, 1.54) is 13.2 Å². The van der Waals surface area contributed by atoms with Gasteiger partial charge in [-0.2, -0.15) is 0 Å². The zero-order chi connectivity index (χ0) is 13.9.